The van der Waals surface area contributed by atoms with Crippen LogP contribution in [0, 0.1) is 0 Å². The van der Waals surface area contributed by atoms with E-state index in [0.29, 0.717) is 6.08 Å². The second-order valence-corrected chi connectivity index (χ2v) is 4.30. The lowest BCUT2D eigenvalue weighted by Gasteiger charge is -2.02. The van der Waals surface area contributed by atoms with E-state index < -0.39 is 52.1 Å². The molecular formula is C14H10O10. The highest BCUT2D eigenvalue weighted by Gasteiger charge is 2.24. The van der Waals surface area contributed by atoms with E-state index in [9.17, 15) is 19.2 Å². The first kappa shape index (κ1) is 18.2. The molecule has 0 atom stereocenters. The highest BCUT2D eigenvalue weighted by Crippen LogP contribution is 2.35. The molecular weight excluding hydrogens is 328 g/mol. The first-order valence-corrected chi connectivity index (χ1v) is 5.97. The molecule has 0 fully saturated rings. The molecule has 1 aliphatic carbocycles. The van der Waals surface area contributed by atoms with Gasteiger partial charge in [0.05, 0.1) is 11.1 Å². The Morgan fingerprint density at radius 1 is 0.792 bits per heavy atom. The van der Waals surface area contributed by atoms with Crippen molar-refractivity contribution in [2.75, 3.05) is 0 Å². The third-order valence-corrected chi connectivity index (χ3v) is 2.60. The number of aliphatic hydroxyl groups is 1. The number of phenolic OH excluding ortho intramolecular Hbond substituents is 3. The topological polar surface area (TPSA) is 190 Å². The predicted molar refractivity (Wildman–Crippen MR) is 74.8 cm³/mol. The highest BCUT2D eigenvalue weighted by atomic mass is 16.4. The number of carbonyl (C=O) groups is 4. The fraction of sp³-hybridized carbons (Fsp3) is 0. The number of hydrogen-bond acceptors (Lipinski definition) is 8. The van der Waals surface area contributed by atoms with E-state index in [1.807, 2.05) is 0 Å². The number of aromatic carboxylic acids is 1. The first-order chi connectivity index (χ1) is 11.0. The lowest BCUT2D eigenvalue weighted by atomic mass is 10.0. The molecule has 0 heterocycles. The van der Waals surface area contributed by atoms with Crippen LogP contribution in [-0.2, 0) is 14.4 Å². The third kappa shape index (κ3) is 4.10. The quantitative estimate of drug-likeness (QED) is 0.245. The lowest BCUT2D eigenvalue weighted by Crippen LogP contribution is -2.20. The maximum Gasteiger partial charge on any atom is 0.335 e. The molecule has 0 bridgehead atoms. The summed E-state index contributed by atoms with van der Waals surface area (Å²) in [6.45, 7) is 0. The zero-order chi connectivity index (χ0) is 18.6. The lowest BCUT2D eigenvalue weighted by molar-refractivity contribution is -0.134. The van der Waals surface area contributed by atoms with Crippen molar-refractivity contribution >= 4 is 23.5 Å². The monoisotopic (exact) mass is 338 g/mol. The summed E-state index contributed by atoms with van der Waals surface area (Å²) in [6.07, 6.45) is 1.41. The van der Waals surface area contributed by atoms with Crippen molar-refractivity contribution < 1.29 is 49.8 Å². The number of ketones is 2. The number of Topliss-reactive ketones (excluding diaryl/α,β-unsaturated/α-hetero) is 1. The van der Waals surface area contributed by atoms with Crippen molar-refractivity contribution in [3.63, 3.8) is 0 Å². The van der Waals surface area contributed by atoms with E-state index in [4.69, 9.17) is 30.6 Å². The summed E-state index contributed by atoms with van der Waals surface area (Å²) in [7, 11) is 0. The van der Waals surface area contributed by atoms with Gasteiger partial charge >= 0.3 is 11.9 Å². The molecule has 0 unspecified atom stereocenters. The Morgan fingerprint density at radius 2 is 1.29 bits per heavy atom. The fourth-order valence-corrected chi connectivity index (χ4v) is 1.44. The molecule has 1 aromatic rings. The molecule has 0 saturated carbocycles. The summed E-state index contributed by atoms with van der Waals surface area (Å²) >= 11 is 0. The number of aliphatic hydroxyl groups excluding tert-OH is 1. The van der Waals surface area contributed by atoms with E-state index in [2.05, 4.69) is 0 Å². The SMILES string of the molecule is O=C(O)C1=CC(=O)C(=O)C(O)=C1.O=C(O)c1cc(O)c(O)c(O)c1. The normalized spacial score (nSPS) is 13.3. The van der Waals surface area contributed by atoms with Crippen LogP contribution in [0.1, 0.15) is 10.4 Å². The van der Waals surface area contributed by atoms with Gasteiger partial charge in [-0.25, -0.2) is 9.59 Å². The summed E-state index contributed by atoms with van der Waals surface area (Å²) in [5.74, 6) is -7.63. The number of phenols is 3. The molecule has 0 aromatic heterocycles. The molecule has 10 nitrogen and oxygen atoms in total. The number of carboxylic acids is 2. The van der Waals surface area contributed by atoms with Crippen LogP contribution in [0.25, 0.3) is 0 Å². The molecule has 126 valence electrons. The van der Waals surface area contributed by atoms with Gasteiger partial charge in [0.2, 0.25) is 5.78 Å². The summed E-state index contributed by atoms with van der Waals surface area (Å²) in [6, 6.07) is 1.69. The van der Waals surface area contributed by atoms with Gasteiger partial charge in [-0.2, -0.15) is 0 Å². The molecule has 0 spiro atoms. The number of aromatic hydroxyl groups is 3. The van der Waals surface area contributed by atoms with Crippen molar-refractivity contribution in [2.45, 2.75) is 0 Å². The standard InChI is InChI=1S/C7H6O5.C7H4O5/c2*8-4-1-3(7(11)12)2-5(9)6(4)10/h1-2,8-10H,(H,11,12);1-2,8H,(H,11,12). The van der Waals surface area contributed by atoms with Crippen molar-refractivity contribution in [1.82, 2.24) is 0 Å². The second kappa shape index (κ2) is 6.96. The van der Waals surface area contributed by atoms with Crippen LogP contribution < -0.4 is 0 Å². The number of carbonyl (C=O) groups excluding carboxylic acids is 2. The zero-order valence-electron chi connectivity index (χ0n) is 11.6. The summed E-state index contributed by atoms with van der Waals surface area (Å²) in [5.41, 5.74) is -0.681. The van der Waals surface area contributed by atoms with Gasteiger partial charge in [-0.3, -0.25) is 9.59 Å². The van der Waals surface area contributed by atoms with Gasteiger partial charge in [0.15, 0.2) is 23.0 Å². The van der Waals surface area contributed by atoms with Crippen LogP contribution in [0.15, 0.2) is 35.6 Å². The Balaban J connectivity index is 0.000000240. The van der Waals surface area contributed by atoms with Crippen LogP contribution in [0.3, 0.4) is 0 Å². The highest BCUT2D eigenvalue weighted by molar-refractivity contribution is 6.48. The Morgan fingerprint density at radius 3 is 1.67 bits per heavy atom. The number of aliphatic carboxylic acids is 1. The molecule has 0 radical (unpaired) electrons. The largest absolute Gasteiger partial charge is 0.504 e. The smallest absolute Gasteiger partial charge is 0.335 e. The maximum atomic E-state index is 10.6. The fourth-order valence-electron chi connectivity index (χ4n) is 1.44. The first-order valence-electron chi connectivity index (χ1n) is 5.97. The van der Waals surface area contributed by atoms with Gasteiger partial charge in [0.1, 0.15) is 0 Å². The third-order valence-electron chi connectivity index (χ3n) is 2.60. The van der Waals surface area contributed by atoms with Crippen LogP contribution >= 0.6 is 0 Å². The molecule has 10 heteroatoms. The van der Waals surface area contributed by atoms with Crippen molar-refractivity contribution in [1.29, 1.82) is 0 Å². The predicted octanol–water partition coefficient (Wildman–Crippen LogP) is 0.0927. The minimum atomic E-state index is -1.36. The van der Waals surface area contributed by atoms with Crippen LogP contribution in [0.4, 0.5) is 0 Å². The number of rotatable bonds is 2. The average molecular weight is 338 g/mol. The van der Waals surface area contributed by atoms with Gasteiger partial charge in [0, 0.05) is 6.08 Å². The Hall–Kier alpha value is -3.82. The molecule has 6 N–H and O–H groups in total. The minimum absolute atomic E-state index is 0.289. The zero-order valence-corrected chi connectivity index (χ0v) is 11.6. The number of allylic oxidation sites excluding steroid dienone is 2. The summed E-state index contributed by atoms with van der Waals surface area (Å²) in [5, 5.41) is 52.1. The Labute approximate surface area is 132 Å². The number of hydrogen-bond donors (Lipinski definition) is 6. The van der Waals surface area contributed by atoms with Crippen molar-refractivity contribution in [3.05, 3.63) is 41.2 Å². The maximum absolute atomic E-state index is 10.6. The van der Waals surface area contributed by atoms with Gasteiger partial charge in [-0.15, -0.1) is 0 Å². The summed E-state index contributed by atoms with van der Waals surface area (Å²) in [4.78, 5) is 41.8. The molecule has 0 saturated heterocycles. The van der Waals surface area contributed by atoms with E-state index in [0.717, 1.165) is 18.2 Å². The molecule has 1 aliphatic rings. The van der Waals surface area contributed by atoms with E-state index in [1.54, 1.807) is 0 Å². The van der Waals surface area contributed by atoms with Gasteiger partial charge in [-0.1, -0.05) is 0 Å². The van der Waals surface area contributed by atoms with Crippen LogP contribution in [-0.4, -0.2) is 54.1 Å². The molecule has 1 aromatic carbocycles. The van der Waals surface area contributed by atoms with Gasteiger partial charge in [-0.05, 0) is 18.2 Å². The molecule has 2 rings (SSSR count). The Bertz CT molecular complexity index is 777. The van der Waals surface area contributed by atoms with Gasteiger partial charge in [0.25, 0.3) is 5.78 Å². The number of carboxylic acid groups (broad SMARTS) is 2. The molecule has 24 heavy (non-hydrogen) atoms. The summed E-state index contributed by atoms with van der Waals surface area (Å²) < 4.78 is 0. The van der Waals surface area contributed by atoms with Gasteiger partial charge < -0.3 is 30.6 Å². The molecule has 0 amide bonds. The minimum Gasteiger partial charge on any atom is -0.504 e. The van der Waals surface area contributed by atoms with E-state index in [1.165, 1.54) is 0 Å². The molecule has 0 aliphatic heterocycles. The number of benzene rings is 1. The van der Waals surface area contributed by atoms with Crippen molar-refractivity contribution in [2.24, 2.45) is 0 Å². The van der Waals surface area contributed by atoms with Crippen LogP contribution in [0.2, 0.25) is 0 Å². The van der Waals surface area contributed by atoms with Crippen LogP contribution in [0.5, 0.6) is 17.2 Å². The van der Waals surface area contributed by atoms with Crippen molar-refractivity contribution in [3.8, 4) is 17.2 Å². The average Bonchev–Trinajstić information content (AvgIpc) is 2.49. The Kier molecular flexibility index (Phi) is 5.29. The second-order valence-electron chi connectivity index (χ2n) is 4.30. The van der Waals surface area contributed by atoms with E-state index >= 15 is 0 Å². The van der Waals surface area contributed by atoms with E-state index in [-0.39, 0.29) is 5.56 Å².